The fourth-order valence-corrected chi connectivity index (χ4v) is 4.87. The van der Waals surface area contributed by atoms with Crippen molar-refractivity contribution in [3.63, 3.8) is 0 Å². The van der Waals surface area contributed by atoms with E-state index < -0.39 is 10.2 Å². The molecule has 0 amide bonds. The van der Waals surface area contributed by atoms with Crippen molar-refractivity contribution >= 4 is 10.2 Å². The van der Waals surface area contributed by atoms with Gasteiger partial charge in [-0.3, -0.25) is 0 Å². The summed E-state index contributed by atoms with van der Waals surface area (Å²) in [5.41, 5.74) is -0.248. The molecule has 21 heavy (non-hydrogen) atoms. The molecule has 7 heteroatoms. The molecule has 2 aliphatic heterocycles. The quantitative estimate of drug-likeness (QED) is 0.783. The first-order chi connectivity index (χ1) is 9.82. The molecule has 2 saturated heterocycles. The van der Waals surface area contributed by atoms with Crippen LogP contribution in [0.4, 0.5) is 0 Å². The zero-order valence-electron chi connectivity index (χ0n) is 13.4. The van der Waals surface area contributed by atoms with Gasteiger partial charge in [-0.1, -0.05) is 0 Å². The Morgan fingerprint density at radius 3 is 2.76 bits per heavy atom. The normalized spacial score (nSPS) is 31.2. The van der Waals surface area contributed by atoms with Gasteiger partial charge in [-0.2, -0.15) is 17.4 Å². The van der Waals surface area contributed by atoms with Crippen molar-refractivity contribution in [1.82, 2.24) is 14.3 Å². The molecule has 6 nitrogen and oxygen atoms in total. The number of hydrogen-bond donors (Lipinski definition) is 2. The highest BCUT2D eigenvalue weighted by molar-refractivity contribution is 7.87. The van der Waals surface area contributed by atoms with Crippen LogP contribution in [0.2, 0.25) is 0 Å². The highest BCUT2D eigenvalue weighted by Gasteiger charge is 2.34. The van der Waals surface area contributed by atoms with Gasteiger partial charge in [0.2, 0.25) is 0 Å². The van der Waals surface area contributed by atoms with Gasteiger partial charge in [0.15, 0.2) is 0 Å². The smallest absolute Gasteiger partial charge is 0.279 e. The van der Waals surface area contributed by atoms with Crippen molar-refractivity contribution in [2.75, 3.05) is 33.3 Å². The third kappa shape index (κ3) is 4.89. The van der Waals surface area contributed by atoms with E-state index in [0.29, 0.717) is 25.6 Å². The van der Waals surface area contributed by atoms with Crippen LogP contribution in [0.3, 0.4) is 0 Å². The number of nitrogens with one attached hydrogen (secondary N) is 2. The second-order valence-corrected chi connectivity index (χ2v) is 8.55. The van der Waals surface area contributed by atoms with Crippen LogP contribution in [0, 0.1) is 5.92 Å². The monoisotopic (exact) mass is 319 g/mol. The number of ether oxygens (including phenoxy) is 1. The molecular formula is C14H29N3O3S. The van der Waals surface area contributed by atoms with Gasteiger partial charge in [0.25, 0.3) is 10.2 Å². The molecule has 2 fully saturated rings. The van der Waals surface area contributed by atoms with Crippen LogP contribution in [-0.4, -0.2) is 57.7 Å². The molecule has 0 aromatic carbocycles. The first-order valence-electron chi connectivity index (χ1n) is 7.88. The predicted octanol–water partition coefficient (Wildman–Crippen LogP) is 0.710. The Hall–Kier alpha value is -0.210. The van der Waals surface area contributed by atoms with E-state index in [1.165, 1.54) is 0 Å². The standard InChI is InChI=1S/C14H29N3O3S/c1-14(2)9-13(6-8-20-14)16-21(18,19)17-7-4-5-12(11-17)10-15-3/h12-13,15-16H,4-11H2,1-3H3. The van der Waals surface area contributed by atoms with Crippen LogP contribution >= 0.6 is 0 Å². The van der Waals surface area contributed by atoms with E-state index in [1.807, 2.05) is 20.9 Å². The van der Waals surface area contributed by atoms with Gasteiger partial charge in [0.05, 0.1) is 5.60 Å². The summed E-state index contributed by atoms with van der Waals surface area (Å²) in [4.78, 5) is 0. The molecule has 0 spiro atoms. The zero-order chi connectivity index (χ0) is 15.5. The first-order valence-corrected chi connectivity index (χ1v) is 9.32. The van der Waals surface area contributed by atoms with Crippen molar-refractivity contribution in [3.8, 4) is 0 Å². The lowest BCUT2D eigenvalue weighted by Gasteiger charge is -2.38. The van der Waals surface area contributed by atoms with Gasteiger partial charge >= 0.3 is 0 Å². The van der Waals surface area contributed by atoms with Crippen LogP contribution in [-0.2, 0) is 14.9 Å². The predicted molar refractivity (Wildman–Crippen MR) is 83.3 cm³/mol. The molecule has 0 bridgehead atoms. The third-order valence-electron chi connectivity index (χ3n) is 4.33. The first kappa shape index (κ1) is 17.1. The van der Waals surface area contributed by atoms with E-state index in [0.717, 1.165) is 32.2 Å². The summed E-state index contributed by atoms with van der Waals surface area (Å²) < 4.78 is 35.3. The molecule has 2 unspecified atom stereocenters. The zero-order valence-corrected chi connectivity index (χ0v) is 14.2. The SMILES string of the molecule is CNCC1CCCN(S(=O)(=O)NC2CCOC(C)(C)C2)C1. The minimum atomic E-state index is -3.38. The Morgan fingerprint density at radius 2 is 2.10 bits per heavy atom. The highest BCUT2D eigenvalue weighted by Crippen LogP contribution is 2.25. The Bertz CT molecular complexity index is 437. The minimum absolute atomic E-state index is 0.0246. The van der Waals surface area contributed by atoms with Gasteiger partial charge in [-0.25, -0.2) is 0 Å². The molecule has 0 saturated carbocycles. The van der Waals surface area contributed by atoms with Crippen molar-refractivity contribution < 1.29 is 13.2 Å². The van der Waals surface area contributed by atoms with E-state index in [9.17, 15) is 8.42 Å². The summed E-state index contributed by atoms with van der Waals surface area (Å²) in [7, 11) is -1.47. The largest absolute Gasteiger partial charge is 0.375 e. The molecule has 2 aliphatic rings. The van der Waals surface area contributed by atoms with Crippen molar-refractivity contribution in [2.24, 2.45) is 5.92 Å². The molecule has 0 aromatic rings. The van der Waals surface area contributed by atoms with Crippen LogP contribution < -0.4 is 10.0 Å². The summed E-state index contributed by atoms with van der Waals surface area (Å²) in [6.45, 7) is 6.75. The fraction of sp³-hybridized carbons (Fsp3) is 1.00. The molecule has 2 heterocycles. The van der Waals surface area contributed by atoms with Gasteiger partial charge in [-0.05, 0) is 59.0 Å². The van der Waals surface area contributed by atoms with Crippen LogP contribution in [0.5, 0.6) is 0 Å². The Morgan fingerprint density at radius 1 is 1.33 bits per heavy atom. The lowest BCUT2D eigenvalue weighted by molar-refractivity contribution is -0.0601. The maximum absolute atomic E-state index is 12.6. The van der Waals surface area contributed by atoms with Crippen molar-refractivity contribution in [3.05, 3.63) is 0 Å². The van der Waals surface area contributed by atoms with Gasteiger partial charge in [0.1, 0.15) is 0 Å². The summed E-state index contributed by atoms with van der Waals surface area (Å²) >= 11 is 0. The average Bonchev–Trinajstić information content (AvgIpc) is 2.37. The lowest BCUT2D eigenvalue weighted by Crippen LogP contribution is -2.52. The maximum Gasteiger partial charge on any atom is 0.279 e. The number of rotatable bonds is 5. The average molecular weight is 319 g/mol. The van der Waals surface area contributed by atoms with E-state index in [4.69, 9.17) is 4.74 Å². The van der Waals surface area contributed by atoms with E-state index >= 15 is 0 Å². The Labute approximate surface area is 128 Å². The highest BCUT2D eigenvalue weighted by atomic mass is 32.2. The summed E-state index contributed by atoms with van der Waals surface area (Å²) in [5.74, 6) is 0.409. The van der Waals surface area contributed by atoms with E-state index in [1.54, 1.807) is 4.31 Å². The topological polar surface area (TPSA) is 70.7 Å². The van der Waals surface area contributed by atoms with Crippen LogP contribution in [0.1, 0.15) is 39.5 Å². The molecule has 0 aliphatic carbocycles. The lowest BCUT2D eigenvalue weighted by atomic mass is 9.95. The van der Waals surface area contributed by atoms with Crippen molar-refractivity contribution in [2.45, 2.75) is 51.2 Å². The summed E-state index contributed by atoms with van der Waals surface area (Å²) in [5, 5.41) is 3.14. The molecule has 2 rings (SSSR count). The number of nitrogens with zero attached hydrogens (tertiary/aromatic N) is 1. The maximum atomic E-state index is 12.6. The van der Waals surface area contributed by atoms with Crippen molar-refractivity contribution in [1.29, 1.82) is 0 Å². The summed E-state index contributed by atoms with van der Waals surface area (Å²) in [6.07, 6.45) is 3.50. The number of piperidine rings is 1. The summed E-state index contributed by atoms with van der Waals surface area (Å²) in [6, 6.07) is -0.0246. The second-order valence-electron chi connectivity index (χ2n) is 6.84. The number of hydrogen-bond acceptors (Lipinski definition) is 4. The molecule has 0 aromatic heterocycles. The van der Waals surface area contributed by atoms with Crippen LogP contribution in [0.25, 0.3) is 0 Å². The second kappa shape index (κ2) is 6.91. The molecular weight excluding hydrogens is 290 g/mol. The molecule has 0 radical (unpaired) electrons. The molecule has 124 valence electrons. The Kier molecular flexibility index (Phi) is 5.65. The van der Waals surface area contributed by atoms with Crippen LogP contribution in [0.15, 0.2) is 0 Å². The Balaban J connectivity index is 1.94. The van der Waals surface area contributed by atoms with Gasteiger partial charge < -0.3 is 10.1 Å². The minimum Gasteiger partial charge on any atom is -0.375 e. The van der Waals surface area contributed by atoms with E-state index in [-0.39, 0.29) is 11.6 Å². The van der Waals surface area contributed by atoms with Gasteiger partial charge in [-0.15, -0.1) is 0 Å². The van der Waals surface area contributed by atoms with E-state index in [2.05, 4.69) is 10.0 Å². The fourth-order valence-electron chi connectivity index (χ4n) is 3.32. The van der Waals surface area contributed by atoms with Gasteiger partial charge in [0, 0.05) is 25.7 Å². The molecule has 2 N–H and O–H groups in total. The third-order valence-corrected chi connectivity index (χ3v) is 5.97. The molecule has 2 atom stereocenters.